The van der Waals surface area contributed by atoms with Crippen molar-refractivity contribution in [2.75, 3.05) is 0 Å². The summed E-state index contributed by atoms with van der Waals surface area (Å²) in [6, 6.07) is 5.28. The van der Waals surface area contributed by atoms with Crippen LogP contribution in [0.25, 0.3) is 0 Å². The zero-order valence-electron chi connectivity index (χ0n) is 10.4. The Kier molecular flexibility index (Phi) is 4.52. The monoisotopic (exact) mass is 285 g/mol. The van der Waals surface area contributed by atoms with Gasteiger partial charge in [0.15, 0.2) is 0 Å². The van der Waals surface area contributed by atoms with E-state index >= 15 is 0 Å². The lowest BCUT2D eigenvalue weighted by Crippen LogP contribution is -2.31. The fourth-order valence-electron chi connectivity index (χ4n) is 2.45. The van der Waals surface area contributed by atoms with Crippen molar-refractivity contribution in [2.24, 2.45) is 5.92 Å². The minimum Gasteiger partial charge on any atom is -0.349 e. The first-order valence-corrected chi connectivity index (χ1v) is 7.09. The average Bonchev–Trinajstić information content (AvgIpc) is 2.81. The first-order valence-electron chi connectivity index (χ1n) is 6.33. The van der Waals surface area contributed by atoms with Crippen molar-refractivity contribution < 1.29 is 4.79 Å². The molecule has 0 spiro atoms. The van der Waals surface area contributed by atoms with Gasteiger partial charge in [-0.2, -0.15) is 0 Å². The Labute approximate surface area is 118 Å². The molecule has 1 N–H and O–H groups in total. The lowest BCUT2D eigenvalue weighted by molar-refractivity contribution is -0.125. The predicted molar refractivity (Wildman–Crippen MR) is 75.0 cm³/mol. The number of halogens is 2. The smallest absolute Gasteiger partial charge is 0.223 e. The highest BCUT2D eigenvalue weighted by Gasteiger charge is 2.24. The molecule has 1 unspecified atom stereocenters. The maximum Gasteiger partial charge on any atom is 0.223 e. The van der Waals surface area contributed by atoms with Crippen LogP contribution in [0.15, 0.2) is 18.2 Å². The average molecular weight is 286 g/mol. The fourth-order valence-corrected chi connectivity index (χ4v) is 3.02. The van der Waals surface area contributed by atoms with E-state index in [1.54, 1.807) is 12.1 Å². The summed E-state index contributed by atoms with van der Waals surface area (Å²) < 4.78 is 0. The molecule has 0 aliphatic heterocycles. The van der Waals surface area contributed by atoms with Crippen molar-refractivity contribution >= 4 is 29.1 Å². The SMILES string of the molecule is CC(NC(=O)C1CCCC1)c1ccc(Cl)cc1Cl. The molecule has 0 saturated heterocycles. The maximum atomic E-state index is 12.0. The van der Waals surface area contributed by atoms with E-state index in [1.807, 2.05) is 13.0 Å². The van der Waals surface area contributed by atoms with Crippen molar-refractivity contribution in [1.82, 2.24) is 5.32 Å². The Morgan fingerprint density at radius 1 is 1.33 bits per heavy atom. The molecule has 1 atom stereocenters. The Bertz CT molecular complexity index is 441. The molecule has 18 heavy (non-hydrogen) atoms. The van der Waals surface area contributed by atoms with Gasteiger partial charge in [0, 0.05) is 16.0 Å². The van der Waals surface area contributed by atoms with Gasteiger partial charge in [-0.25, -0.2) is 0 Å². The third-order valence-electron chi connectivity index (χ3n) is 3.51. The number of hydrogen-bond acceptors (Lipinski definition) is 1. The molecule has 98 valence electrons. The van der Waals surface area contributed by atoms with Gasteiger partial charge in [0.2, 0.25) is 5.91 Å². The summed E-state index contributed by atoms with van der Waals surface area (Å²) in [4.78, 5) is 12.0. The van der Waals surface area contributed by atoms with E-state index in [0.29, 0.717) is 10.0 Å². The molecule has 1 aliphatic carbocycles. The Morgan fingerprint density at radius 3 is 2.61 bits per heavy atom. The standard InChI is InChI=1S/C14H17Cl2NO/c1-9(12-7-6-11(15)8-13(12)16)17-14(18)10-4-2-3-5-10/h6-10H,2-5H2,1H3,(H,17,18). The zero-order chi connectivity index (χ0) is 13.1. The Morgan fingerprint density at radius 2 is 2.00 bits per heavy atom. The number of carbonyl (C=O) groups is 1. The molecule has 4 heteroatoms. The van der Waals surface area contributed by atoms with Gasteiger partial charge in [0.05, 0.1) is 6.04 Å². The second-order valence-electron chi connectivity index (χ2n) is 4.88. The van der Waals surface area contributed by atoms with Gasteiger partial charge in [-0.05, 0) is 37.5 Å². The van der Waals surface area contributed by atoms with Crippen LogP contribution in [-0.2, 0) is 4.79 Å². The van der Waals surface area contributed by atoms with Crippen molar-refractivity contribution in [3.05, 3.63) is 33.8 Å². The minimum absolute atomic E-state index is 0.0807. The van der Waals surface area contributed by atoms with Crippen LogP contribution in [0.3, 0.4) is 0 Å². The van der Waals surface area contributed by atoms with Gasteiger partial charge in [-0.15, -0.1) is 0 Å². The highest BCUT2D eigenvalue weighted by molar-refractivity contribution is 6.35. The van der Waals surface area contributed by atoms with Crippen LogP contribution < -0.4 is 5.32 Å². The van der Waals surface area contributed by atoms with E-state index in [4.69, 9.17) is 23.2 Å². The minimum atomic E-state index is -0.0807. The van der Waals surface area contributed by atoms with E-state index in [2.05, 4.69) is 5.32 Å². The number of carbonyl (C=O) groups excluding carboxylic acids is 1. The van der Waals surface area contributed by atoms with E-state index in [-0.39, 0.29) is 17.9 Å². The van der Waals surface area contributed by atoms with Gasteiger partial charge >= 0.3 is 0 Å². The molecule has 1 aliphatic rings. The lowest BCUT2D eigenvalue weighted by Gasteiger charge is -2.18. The van der Waals surface area contributed by atoms with Crippen LogP contribution in [0, 0.1) is 5.92 Å². The molecule has 2 nitrogen and oxygen atoms in total. The molecule has 2 rings (SSSR count). The second-order valence-corrected chi connectivity index (χ2v) is 5.72. The van der Waals surface area contributed by atoms with Gasteiger partial charge in [0.25, 0.3) is 0 Å². The molecule has 0 heterocycles. The quantitative estimate of drug-likeness (QED) is 0.878. The normalized spacial score (nSPS) is 17.7. The van der Waals surface area contributed by atoms with Gasteiger partial charge in [0.1, 0.15) is 0 Å². The summed E-state index contributed by atoms with van der Waals surface area (Å²) in [7, 11) is 0. The van der Waals surface area contributed by atoms with Crippen LogP contribution in [0.4, 0.5) is 0 Å². The molecule has 1 saturated carbocycles. The molecule has 1 amide bonds. The Balaban J connectivity index is 2.02. The maximum absolute atomic E-state index is 12.0. The molecular formula is C14H17Cl2NO. The summed E-state index contributed by atoms with van der Waals surface area (Å²) >= 11 is 12.0. The topological polar surface area (TPSA) is 29.1 Å². The third-order valence-corrected chi connectivity index (χ3v) is 4.08. The van der Waals surface area contributed by atoms with E-state index in [0.717, 1.165) is 31.2 Å². The summed E-state index contributed by atoms with van der Waals surface area (Å²) in [5.41, 5.74) is 0.910. The highest BCUT2D eigenvalue weighted by atomic mass is 35.5. The number of nitrogens with one attached hydrogen (secondary N) is 1. The van der Waals surface area contributed by atoms with Gasteiger partial charge < -0.3 is 5.32 Å². The summed E-state index contributed by atoms with van der Waals surface area (Å²) in [6.45, 7) is 1.95. The number of hydrogen-bond donors (Lipinski definition) is 1. The molecule has 1 aromatic carbocycles. The van der Waals surface area contributed by atoms with Crippen LogP contribution in [0.5, 0.6) is 0 Å². The summed E-state index contributed by atoms with van der Waals surface area (Å²) in [5, 5.41) is 4.24. The summed E-state index contributed by atoms with van der Waals surface area (Å²) in [6.07, 6.45) is 4.34. The largest absolute Gasteiger partial charge is 0.349 e. The van der Waals surface area contributed by atoms with Crippen LogP contribution in [0.1, 0.15) is 44.2 Å². The van der Waals surface area contributed by atoms with Gasteiger partial charge in [-0.3, -0.25) is 4.79 Å². The molecule has 0 bridgehead atoms. The lowest BCUT2D eigenvalue weighted by atomic mass is 10.0. The highest BCUT2D eigenvalue weighted by Crippen LogP contribution is 2.28. The fraction of sp³-hybridized carbons (Fsp3) is 0.500. The van der Waals surface area contributed by atoms with Gasteiger partial charge in [-0.1, -0.05) is 42.1 Å². The van der Waals surface area contributed by atoms with Crippen molar-refractivity contribution in [2.45, 2.75) is 38.6 Å². The molecular weight excluding hydrogens is 269 g/mol. The van der Waals surface area contributed by atoms with Crippen LogP contribution in [0.2, 0.25) is 10.0 Å². The molecule has 0 aromatic heterocycles. The summed E-state index contributed by atoms with van der Waals surface area (Å²) in [5.74, 6) is 0.324. The number of benzene rings is 1. The van der Waals surface area contributed by atoms with E-state index in [9.17, 15) is 4.79 Å². The third kappa shape index (κ3) is 3.18. The number of amides is 1. The van der Waals surface area contributed by atoms with E-state index < -0.39 is 0 Å². The van der Waals surface area contributed by atoms with Crippen LogP contribution >= 0.6 is 23.2 Å². The first-order chi connectivity index (χ1) is 8.58. The number of rotatable bonds is 3. The van der Waals surface area contributed by atoms with Crippen LogP contribution in [-0.4, -0.2) is 5.91 Å². The van der Waals surface area contributed by atoms with Crippen molar-refractivity contribution in [3.8, 4) is 0 Å². The molecule has 1 aromatic rings. The Hall–Kier alpha value is -0.730. The second kappa shape index (κ2) is 5.94. The van der Waals surface area contributed by atoms with Crippen molar-refractivity contribution in [3.63, 3.8) is 0 Å². The zero-order valence-corrected chi connectivity index (χ0v) is 11.9. The molecule has 1 fully saturated rings. The van der Waals surface area contributed by atoms with Crippen molar-refractivity contribution in [1.29, 1.82) is 0 Å². The predicted octanol–water partition coefficient (Wildman–Crippen LogP) is 4.36. The first kappa shape index (κ1) is 13.7. The van der Waals surface area contributed by atoms with E-state index in [1.165, 1.54) is 0 Å². The molecule has 0 radical (unpaired) electrons.